The standard InChI is InChI=1S/C7H13BrN4/c1-2-3-12-7(5-10-9)6(8)4-11-12/h4,10H,2-3,5,9H2,1H3. The summed E-state index contributed by atoms with van der Waals surface area (Å²) in [7, 11) is 0. The highest BCUT2D eigenvalue weighted by Crippen LogP contribution is 2.15. The van der Waals surface area contributed by atoms with Gasteiger partial charge in [-0.1, -0.05) is 6.92 Å². The number of hydrogen-bond acceptors (Lipinski definition) is 3. The minimum absolute atomic E-state index is 0.639. The van der Waals surface area contributed by atoms with Crippen LogP contribution < -0.4 is 11.3 Å². The second kappa shape index (κ2) is 4.59. The molecule has 0 aliphatic heterocycles. The van der Waals surface area contributed by atoms with Gasteiger partial charge in [0.2, 0.25) is 0 Å². The van der Waals surface area contributed by atoms with Crippen LogP contribution in [0.15, 0.2) is 10.7 Å². The number of nitrogens with zero attached hydrogens (tertiary/aromatic N) is 2. The third-order valence-electron chi connectivity index (χ3n) is 1.60. The molecule has 1 rings (SSSR count). The number of halogens is 1. The van der Waals surface area contributed by atoms with Gasteiger partial charge in [0.15, 0.2) is 0 Å². The van der Waals surface area contributed by atoms with Crippen LogP contribution in [0.25, 0.3) is 0 Å². The van der Waals surface area contributed by atoms with Gasteiger partial charge in [0.05, 0.1) is 22.9 Å². The molecule has 0 atom stereocenters. The lowest BCUT2D eigenvalue weighted by atomic mass is 10.4. The van der Waals surface area contributed by atoms with Crippen LogP contribution in [-0.2, 0) is 13.1 Å². The lowest BCUT2D eigenvalue weighted by molar-refractivity contribution is 0.554. The molecular formula is C7H13BrN4. The van der Waals surface area contributed by atoms with Crippen molar-refractivity contribution >= 4 is 15.9 Å². The van der Waals surface area contributed by atoms with Crippen molar-refractivity contribution in [2.75, 3.05) is 0 Å². The summed E-state index contributed by atoms with van der Waals surface area (Å²) in [6.45, 7) is 3.69. The number of rotatable bonds is 4. The molecule has 0 radical (unpaired) electrons. The average Bonchev–Trinajstić information content (AvgIpc) is 2.37. The van der Waals surface area contributed by atoms with Gasteiger partial charge in [0, 0.05) is 6.54 Å². The Bertz CT molecular complexity index is 246. The van der Waals surface area contributed by atoms with Gasteiger partial charge in [0.1, 0.15) is 0 Å². The van der Waals surface area contributed by atoms with Crippen molar-refractivity contribution in [2.24, 2.45) is 5.84 Å². The first-order chi connectivity index (χ1) is 5.79. The molecule has 0 saturated heterocycles. The van der Waals surface area contributed by atoms with E-state index in [0.717, 1.165) is 23.1 Å². The minimum atomic E-state index is 0.639. The fraction of sp³-hybridized carbons (Fsp3) is 0.571. The van der Waals surface area contributed by atoms with Gasteiger partial charge in [-0.15, -0.1) is 0 Å². The van der Waals surface area contributed by atoms with Gasteiger partial charge in [-0.05, 0) is 22.4 Å². The van der Waals surface area contributed by atoms with Crippen LogP contribution in [-0.4, -0.2) is 9.78 Å². The highest BCUT2D eigenvalue weighted by Gasteiger charge is 2.05. The fourth-order valence-corrected chi connectivity index (χ4v) is 1.50. The van der Waals surface area contributed by atoms with Crippen LogP contribution in [0.1, 0.15) is 19.0 Å². The average molecular weight is 233 g/mol. The monoisotopic (exact) mass is 232 g/mol. The predicted octanol–water partition coefficient (Wildman–Crippen LogP) is 1.02. The van der Waals surface area contributed by atoms with Crippen LogP contribution in [0.4, 0.5) is 0 Å². The first-order valence-corrected chi connectivity index (χ1v) is 4.72. The number of nitrogens with one attached hydrogen (secondary N) is 1. The Hall–Kier alpha value is -0.390. The quantitative estimate of drug-likeness (QED) is 0.603. The second-order valence-electron chi connectivity index (χ2n) is 2.54. The van der Waals surface area contributed by atoms with Crippen LogP contribution >= 0.6 is 15.9 Å². The number of aromatic nitrogens is 2. The van der Waals surface area contributed by atoms with Crippen molar-refractivity contribution in [1.82, 2.24) is 15.2 Å². The summed E-state index contributed by atoms with van der Waals surface area (Å²) in [5, 5.41) is 4.20. The third kappa shape index (κ3) is 2.06. The van der Waals surface area contributed by atoms with E-state index in [1.165, 1.54) is 0 Å². The molecule has 1 aromatic rings. The molecule has 5 heteroatoms. The highest BCUT2D eigenvalue weighted by atomic mass is 79.9. The summed E-state index contributed by atoms with van der Waals surface area (Å²) in [5.74, 6) is 5.24. The van der Waals surface area contributed by atoms with Gasteiger partial charge >= 0.3 is 0 Å². The van der Waals surface area contributed by atoms with Crippen molar-refractivity contribution in [3.8, 4) is 0 Å². The first-order valence-electron chi connectivity index (χ1n) is 3.93. The highest BCUT2D eigenvalue weighted by molar-refractivity contribution is 9.10. The maximum atomic E-state index is 5.24. The van der Waals surface area contributed by atoms with E-state index < -0.39 is 0 Å². The molecule has 0 fully saturated rings. The summed E-state index contributed by atoms with van der Waals surface area (Å²) in [6, 6.07) is 0. The summed E-state index contributed by atoms with van der Waals surface area (Å²) < 4.78 is 2.96. The Kier molecular flexibility index (Phi) is 3.71. The van der Waals surface area contributed by atoms with Gasteiger partial charge in [-0.25, -0.2) is 0 Å². The molecule has 1 aromatic heterocycles. The smallest absolute Gasteiger partial charge is 0.0678 e. The van der Waals surface area contributed by atoms with E-state index in [4.69, 9.17) is 5.84 Å². The van der Waals surface area contributed by atoms with Gasteiger partial charge in [0.25, 0.3) is 0 Å². The molecule has 4 nitrogen and oxygen atoms in total. The predicted molar refractivity (Wildman–Crippen MR) is 51.2 cm³/mol. The third-order valence-corrected chi connectivity index (χ3v) is 2.27. The van der Waals surface area contributed by atoms with E-state index in [1.54, 1.807) is 6.20 Å². The van der Waals surface area contributed by atoms with Crippen molar-refractivity contribution in [1.29, 1.82) is 0 Å². The van der Waals surface area contributed by atoms with E-state index >= 15 is 0 Å². The Morgan fingerprint density at radius 3 is 3.08 bits per heavy atom. The molecule has 1 heterocycles. The molecule has 0 saturated carbocycles. The number of hydrogen-bond donors (Lipinski definition) is 2. The van der Waals surface area contributed by atoms with Crippen LogP contribution in [0, 0.1) is 0 Å². The van der Waals surface area contributed by atoms with E-state index in [-0.39, 0.29) is 0 Å². The molecule has 0 aliphatic rings. The topological polar surface area (TPSA) is 55.9 Å². The number of nitrogens with two attached hydrogens (primary N) is 1. The Morgan fingerprint density at radius 1 is 1.75 bits per heavy atom. The van der Waals surface area contributed by atoms with E-state index in [2.05, 4.69) is 33.4 Å². The SMILES string of the molecule is CCCn1ncc(Br)c1CNN. The molecule has 0 unspecified atom stereocenters. The molecule has 0 aromatic carbocycles. The van der Waals surface area contributed by atoms with E-state index in [9.17, 15) is 0 Å². The minimum Gasteiger partial charge on any atom is -0.271 e. The summed E-state index contributed by atoms with van der Waals surface area (Å²) in [6.07, 6.45) is 2.87. The van der Waals surface area contributed by atoms with Gasteiger partial charge < -0.3 is 0 Å². The van der Waals surface area contributed by atoms with E-state index in [0.29, 0.717) is 6.54 Å². The normalized spacial score (nSPS) is 10.6. The van der Waals surface area contributed by atoms with Gasteiger partial charge in [-0.3, -0.25) is 16.0 Å². The summed E-state index contributed by atoms with van der Waals surface area (Å²) >= 11 is 3.41. The fourth-order valence-electron chi connectivity index (χ4n) is 1.06. The van der Waals surface area contributed by atoms with Crippen molar-refractivity contribution in [3.63, 3.8) is 0 Å². The lowest BCUT2D eigenvalue weighted by Gasteiger charge is -2.05. The summed E-state index contributed by atoms with van der Waals surface area (Å²) in [4.78, 5) is 0. The zero-order chi connectivity index (χ0) is 8.97. The van der Waals surface area contributed by atoms with Crippen LogP contribution in [0.3, 0.4) is 0 Å². The molecular weight excluding hydrogens is 220 g/mol. The van der Waals surface area contributed by atoms with Crippen molar-refractivity contribution in [3.05, 3.63) is 16.4 Å². The molecule has 3 N–H and O–H groups in total. The zero-order valence-corrected chi connectivity index (χ0v) is 8.63. The van der Waals surface area contributed by atoms with Crippen LogP contribution in [0.5, 0.6) is 0 Å². The van der Waals surface area contributed by atoms with Crippen molar-refractivity contribution < 1.29 is 0 Å². The Labute approximate surface area is 80.2 Å². The maximum Gasteiger partial charge on any atom is 0.0678 e. The molecule has 12 heavy (non-hydrogen) atoms. The first kappa shape index (κ1) is 9.70. The second-order valence-corrected chi connectivity index (χ2v) is 3.40. The lowest BCUT2D eigenvalue weighted by Crippen LogP contribution is -2.23. The maximum absolute atomic E-state index is 5.24. The van der Waals surface area contributed by atoms with Gasteiger partial charge in [-0.2, -0.15) is 5.10 Å². The number of hydrazine groups is 1. The summed E-state index contributed by atoms with van der Waals surface area (Å²) in [5.41, 5.74) is 3.72. The molecule has 0 amide bonds. The van der Waals surface area contributed by atoms with Crippen molar-refractivity contribution in [2.45, 2.75) is 26.4 Å². The van der Waals surface area contributed by atoms with E-state index in [1.807, 2.05) is 4.68 Å². The Balaban J connectivity index is 2.80. The Morgan fingerprint density at radius 2 is 2.50 bits per heavy atom. The zero-order valence-electron chi connectivity index (χ0n) is 7.05. The number of aryl methyl sites for hydroxylation is 1. The van der Waals surface area contributed by atoms with Crippen LogP contribution in [0.2, 0.25) is 0 Å². The molecule has 0 aliphatic carbocycles. The molecule has 0 spiro atoms. The molecule has 68 valence electrons. The molecule has 0 bridgehead atoms. The largest absolute Gasteiger partial charge is 0.271 e.